The van der Waals surface area contributed by atoms with Gasteiger partial charge in [-0.3, -0.25) is 9.59 Å². The second kappa shape index (κ2) is 5.59. The average molecular weight is 268 g/mol. The predicted molar refractivity (Wildman–Crippen MR) is 67.3 cm³/mol. The molecule has 2 amide bonds. The highest BCUT2D eigenvalue weighted by Crippen LogP contribution is 2.39. The summed E-state index contributed by atoms with van der Waals surface area (Å²) in [5, 5.41) is 11.7. The number of carbonyl (C=O) groups excluding carboxylic acids is 2. The summed E-state index contributed by atoms with van der Waals surface area (Å²) in [5.74, 6) is -1.20. The third-order valence-corrected chi connectivity index (χ3v) is 4.15. The number of hydrogen-bond donors (Lipinski definition) is 2. The number of carboxylic acid groups (broad SMARTS) is 1. The Morgan fingerprint density at radius 1 is 1.26 bits per heavy atom. The van der Waals surface area contributed by atoms with Gasteiger partial charge in [0.25, 0.3) is 0 Å². The number of hydrogen-bond acceptors (Lipinski definition) is 3. The monoisotopic (exact) mass is 268 g/mol. The molecule has 6 heteroatoms. The van der Waals surface area contributed by atoms with E-state index in [-0.39, 0.29) is 24.4 Å². The standard InChI is InChI=1S/C13H20N2O4/c1-8(16)14-7-12(17)15-10-5-3-2-4-9(10)6-11(15)13(18)19/h9-11H,2-7H2,1H3,(H,14,16)(H,18,19)/t9-,10-,11-/m0/s1. The number of likely N-dealkylation sites (tertiary alicyclic amines) is 1. The minimum absolute atomic E-state index is 0.0381. The minimum atomic E-state index is -0.939. The zero-order valence-electron chi connectivity index (χ0n) is 11.1. The van der Waals surface area contributed by atoms with E-state index in [1.807, 2.05) is 0 Å². The van der Waals surface area contributed by atoms with Crippen molar-refractivity contribution >= 4 is 17.8 Å². The van der Waals surface area contributed by atoms with Crippen molar-refractivity contribution in [1.82, 2.24) is 10.2 Å². The number of amides is 2. The molecule has 1 aliphatic carbocycles. The van der Waals surface area contributed by atoms with E-state index in [1.54, 1.807) is 0 Å². The molecular formula is C13H20N2O4. The Bertz CT molecular complexity index is 396. The van der Waals surface area contributed by atoms with Crippen molar-refractivity contribution < 1.29 is 19.5 Å². The van der Waals surface area contributed by atoms with Crippen LogP contribution in [0.2, 0.25) is 0 Å². The van der Waals surface area contributed by atoms with Gasteiger partial charge in [0.05, 0.1) is 6.54 Å². The summed E-state index contributed by atoms with van der Waals surface area (Å²) in [6.07, 6.45) is 4.57. The van der Waals surface area contributed by atoms with Crippen LogP contribution in [0.25, 0.3) is 0 Å². The number of nitrogens with one attached hydrogen (secondary N) is 1. The molecule has 0 spiro atoms. The molecule has 2 fully saturated rings. The highest BCUT2D eigenvalue weighted by Gasteiger charge is 2.47. The fourth-order valence-electron chi connectivity index (χ4n) is 3.33. The Morgan fingerprint density at radius 3 is 2.58 bits per heavy atom. The van der Waals surface area contributed by atoms with Crippen LogP contribution in [-0.4, -0.2) is 46.4 Å². The maximum Gasteiger partial charge on any atom is 0.326 e. The summed E-state index contributed by atoms with van der Waals surface area (Å²) >= 11 is 0. The molecule has 1 saturated carbocycles. The summed E-state index contributed by atoms with van der Waals surface area (Å²) in [6.45, 7) is 1.23. The van der Waals surface area contributed by atoms with Crippen LogP contribution in [0.5, 0.6) is 0 Å². The lowest BCUT2D eigenvalue weighted by atomic mass is 9.85. The normalized spacial score (nSPS) is 29.7. The largest absolute Gasteiger partial charge is 0.480 e. The van der Waals surface area contributed by atoms with E-state index in [4.69, 9.17) is 0 Å². The van der Waals surface area contributed by atoms with Crippen LogP contribution < -0.4 is 5.32 Å². The zero-order valence-corrected chi connectivity index (χ0v) is 11.1. The molecular weight excluding hydrogens is 248 g/mol. The van der Waals surface area contributed by atoms with Crippen molar-refractivity contribution in [2.75, 3.05) is 6.54 Å². The molecule has 2 N–H and O–H groups in total. The molecule has 106 valence electrons. The van der Waals surface area contributed by atoms with E-state index in [0.29, 0.717) is 12.3 Å². The molecule has 19 heavy (non-hydrogen) atoms. The van der Waals surface area contributed by atoms with Gasteiger partial charge in [0.2, 0.25) is 11.8 Å². The molecule has 1 heterocycles. The first-order chi connectivity index (χ1) is 9.00. The van der Waals surface area contributed by atoms with Gasteiger partial charge in [-0.2, -0.15) is 0 Å². The molecule has 0 aromatic heterocycles. The van der Waals surface area contributed by atoms with Crippen molar-refractivity contribution in [3.05, 3.63) is 0 Å². The molecule has 3 atom stereocenters. The van der Waals surface area contributed by atoms with Gasteiger partial charge >= 0.3 is 5.97 Å². The first-order valence-corrected chi connectivity index (χ1v) is 6.79. The Morgan fingerprint density at radius 2 is 1.95 bits per heavy atom. The van der Waals surface area contributed by atoms with E-state index in [9.17, 15) is 19.5 Å². The van der Waals surface area contributed by atoms with Gasteiger partial charge in [0, 0.05) is 13.0 Å². The highest BCUT2D eigenvalue weighted by molar-refractivity contribution is 5.88. The SMILES string of the molecule is CC(=O)NCC(=O)N1[C@H](C(=O)O)C[C@@H]2CCCC[C@@H]21. The van der Waals surface area contributed by atoms with Crippen LogP contribution in [-0.2, 0) is 14.4 Å². The Kier molecular flexibility index (Phi) is 4.07. The average Bonchev–Trinajstić information content (AvgIpc) is 2.75. The van der Waals surface area contributed by atoms with Crippen molar-refractivity contribution in [3.63, 3.8) is 0 Å². The first kappa shape index (κ1) is 13.8. The Balaban J connectivity index is 2.10. The first-order valence-electron chi connectivity index (χ1n) is 6.79. The number of rotatable bonds is 3. The van der Waals surface area contributed by atoms with E-state index in [0.717, 1.165) is 25.7 Å². The third-order valence-electron chi connectivity index (χ3n) is 4.15. The van der Waals surface area contributed by atoms with E-state index in [2.05, 4.69) is 5.32 Å². The summed E-state index contributed by atoms with van der Waals surface area (Å²) in [7, 11) is 0. The molecule has 6 nitrogen and oxygen atoms in total. The number of fused-ring (bicyclic) bond motifs is 1. The quantitative estimate of drug-likeness (QED) is 0.774. The van der Waals surface area contributed by atoms with E-state index >= 15 is 0 Å². The van der Waals surface area contributed by atoms with Crippen LogP contribution in [0.3, 0.4) is 0 Å². The summed E-state index contributed by atoms with van der Waals surface area (Å²) in [4.78, 5) is 35.8. The van der Waals surface area contributed by atoms with Crippen molar-refractivity contribution in [2.24, 2.45) is 5.92 Å². The third kappa shape index (κ3) is 2.88. The van der Waals surface area contributed by atoms with Gasteiger partial charge < -0.3 is 15.3 Å². The molecule has 0 aromatic rings. The molecule has 0 radical (unpaired) electrons. The van der Waals surface area contributed by atoms with Crippen molar-refractivity contribution in [2.45, 2.75) is 51.1 Å². The maximum absolute atomic E-state index is 12.2. The lowest BCUT2D eigenvalue weighted by molar-refractivity contribution is -0.149. The second-order valence-corrected chi connectivity index (χ2v) is 5.41. The number of carboxylic acids is 1. The topological polar surface area (TPSA) is 86.7 Å². The Hall–Kier alpha value is -1.59. The lowest BCUT2D eigenvalue weighted by Crippen LogP contribution is -2.49. The minimum Gasteiger partial charge on any atom is -0.480 e. The number of nitrogens with zero attached hydrogens (tertiary/aromatic N) is 1. The number of aliphatic carboxylic acids is 1. The van der Waals surface area contributed by atoms with Gasteiger partial charge in [-0.05, 0) is 25.2 Å². The van der Waals surface area contributed by atoms with Crippen LogP contribution in [0.15, 0.2) is 0 Å². The predicted octanol–water partition coefficient (Wildman–Crippen LogP) is 0.367. The molecule has 1 aliphatic heterocycles. The fraction of sp³-hybridized carbons (Fsp3) is 0.769. The summed E-state index contributed by atoms with van der Waals surface area (Å²) in [5.41, 5.74) is 0. The highest BCUT2D eigenvalue weighted by atomic mass is 16.4. The molecule has 1 saturated heterocycles. The van der Waals surface area contributed by atoms with Crippen LogP contribution in [0.1, 0.15) is 39.0 Å². The van der Waals surface area contributed by atoms with Crippen LogP contribution in [0.4, 0.5) is 0 Å². The van der Waals surface area contributed by atoms with Crippen molar-refractivity contribution in [1.29, 1.82) is 0 Å². The molecule has 0 bridgehead atoms. The molecule has 0 unspecified atom stereocenters. The van der Waals surface area contributed by atoms with E-state index in [1.165, 1.54) is 11.8 Å². The lowest BCUT2D eigenvalue weighted by Gasteiger charge is -2.33. The van der Waals surface area contributed by atoms with Gasteiger partial charge in [-0.25, -0.2) is 4.79 Å². The Labute approximate surface area is 112 Å². The molecule has 2 rings (SSSR count). The smallest absolute Gasteiger partial charge is 0.326 e. The van der Waals surface area contributed by atoms with Gasteiger partial charge in [-0.15, -0.1) is 0 Å². The second-order valence-electron chi connectivity index (χ2n) is 5.41. The summed E-state index contributed by atoms with van der Waals surface area (Å²) < 4.78 is 0. The van der Waals surface area contributed by atoms with Gasteiger partial charge in [0.15, 0.2) is 0 Å². The van der Waals surface area contributed by atoms with Gasteiger partial charge in [0.1, 0.15) is 6.04 Å². The van der Waals surface area contributed by atoms with Crippen LogP contribution in [0, 0.1) is 5.92 Å². The molecule has 2 aliphatic rings. The van der Waals surface area contributed by atoms with Gasteiger partial charge in [-0.1, -0.05) is 12.8 Å². The van der Waals surface area contributed by atoms with Crippen molar-refractivity contribution in [3.8, 4) is 0 Å². The zero-order chi connectivity index (χ0) is 14.0. The fourth-order valence-corrected chi connectivity index (χ4v) is 3.33. The number of carbonyl (C=O) groups is 3. The van der Waals surface area contributed by atoms with Crippen LogP contribution >= 0.6 is 0 Å². The summed E-state index contributed by atoms with van der Waals surface area (Å²) in [6, 6.07) is -0.689. The molecule has 0 aromatic carbocycles. The van der Waals surface area contributed by atoms with E-state index < -0.39 is 12.0 Å². The maximum atomic E-state index is 12.2.